The number of rotatable bonds is 2. The minimum absolute atomic E-state index is 0.00236. The van der Waals surface area contributed by atoms with E-state index in [9.17, 15) is 4.79 Å². The number of nitrogens with one attached hydrogen (secondary N) is 1. The number of hydrogen-bond acceptors (Lipinski definition) is 3. The molecule has 0 unspecified atom stereocenters. The molecule has 0 spiro atoms. The number of aromatic amines is 1. The first kappa shape index (κ1) is 13.0. The molecule has 2 aromatic rings. The first-order valence-corrected chi connectivity index (χ1v) is 7.02. The molecule has 0 aromatic carbocycles. The molecule has 0 bridgehead atoms. The van der Waals surface area contributed by atoms with Crippen LogP contribution in [-0.2, 0) is 0 Å². The molecule has 2 aromatic heterocycles. The molecule has 0 saturated carbocycles. The summed E-state index contributed by atoms with van der Waals surface area (Å²) in [5.74, 6) is 1.78. The van der Waals surface area contributed by atoms with Crippen LogP contribution in [0.4, 0.5) is 0 Å². The Bertz CT molecular complexity index is 578. The second kappa shape index (κ2) is 5.15. The lowest BCUT2D eigenvalue weighted by molar-refractivity contribution is 0.0617. The topological polar surface area (TPSA) is 62.1 Å². The van der Waals surface area contributed by atoms with Crippen LogP contribution in [0.15, 0.2) is 28.9 Å². The van der Waals surface area contributed by atoms with Crippen LogP contribution >= 0.6 is 0 Å². The molecule has 3 heterocycles. The standard InChI is InChI=1S/C15H19N3O2/c1-10-6-11(2)9-18(8-10)15(19)13-7-12(16-17-13)14-4-3-5-20-14/h3-5,7,10-11H,6,8-9H2,1-2H3,(H,16,17)/t10-,11+. The van der Waals surface area contributed by atoms with Crippen molar-refractivity contribution in [2.75, 3.05) is 13.1 Å². The highest BCUT2D eigenvalue weighted by Crippen LogP contribution is 2.23. The van der Waals surface area contributed by atoms with E-state index in [0.29, 0.717) is 23.3 Å². The van der Waals surface area contributed by atoms with E-state index in [2.05, 4.69) is 24.0 Å². The van der Waals surface area contributed by atoms with Crippen LogP contribution in [0.25, 0.3) is 11.5 Å². The van der Waals surface area contributed by atoms with Crippen molar-refractivity contribution >= 4 is 5.91 Å². The van der Waals surface area contributed by atoms with E-state index < -0.39 is 0 Å². The van der Waals surface area contributed by atoms with Gasteiger partial charge in [0, 0.05) is 19.2 Å². The normalized spacial score (nSPS) is 23.0. The van der Waals surface area contributed by atoms with E-state index in [1.54, 1.807) is 12.3 Å². The Balaban J connectivity index is 1.77. The minimum Gasteiger partial charge on any atom is -0.463 e. The van der Waals surface area contributed by atoms with Gasteiger partial charge in [-0.1, -0.05) is 13.8 Å². The van der Waals surface area contributed by atoms with Gasteiger partial charge in [0.25, 0.3) is 5.91 Å². The van der Waals surface area contributed by atoms with Crippen molar-refractivity contribution in [1.82, 2.24) is 15.1 Å². The van der Waals surface area contributed by atoms with Gasteiger partial charge in [-0.15, -0.1) is 0 Å². The molecule has 1 N–H and O–H groups in total. The zero-order valence-electron chi connectivity index (χ0n) is 11.8. The highest BCUT2D eigenvalue weighted by Gasteiger charge is 2.27. The van der Waals surface area contributed by atoms with E-state index in [1.165, 1.54) is 6.42 Å². The maximum atomic E-state index is 12.5. The second-order valence-electron chi connectivity index (χ2n) is 5.80. The summed E-state index contributed by atoms with van der Waals surface area (Å²) in [6, 6.07) is 5.41. The molecule has 1 amide bonds. The van der Waals surface area contributed by atoms with Crippen LogP contribution < -0.4 is 0 Å². The van der Waals surface area contributed by atoms with E-state index >= 15 is 0 Å². The van der Waals surface area contributed by atoms with Gasteiger partial charge in [0.2, 0.25) is 0 Å². The first-order chi connectivity index (χ1) is 9.63. The SMILES string of the molecule is C[C@@H]1C[C@H](C)CN(C(=O)c2cc(-c3ccco3)[nH]n2)C1. The highest BCUT2D eigenvalue weighted by molar-refractivity contribution is 5.93. The molecule has 0 radical (unpaired) electrons. The van der Waals surface area contributed by atoms with Crippen molar-refractivity contribution in [3.8, 4) is 11.5 Å². The lowest BCUT2D eigenvalue weighted by Crippen LogP contribution is -2.42. The molecular formula is C15H19N3O2. The van der Waals surface area contributed by atoms with E-state index in [-0.39, 0.29) is 5.91 Å². The Morgan fingerprint density at radius 2 is 2.15 bits per heavy atom. The predicted molar refractivity (Wildman–Crippen MR) is 75.1 cm³/mol. The molecule has 2 atom stereocenters. The fourth-order valence-corrected chi connectivity index (χ4v) is 2.98. The Labute approximate surface area is 118 Å². The van der Waals surface area contributed by atoms with Gasteiger partial charge in [-0.2, -0.15) is 5.10 Å². The Morgan fingerprint density at radius 1 is 1.40 bits per heavy atom. The van der Waals surface area contributed by atoms with Crippen molar-refractivity contribution in [3.05, 3.63) is 30.2 Å². The van der Waals surface area contributed by atoms with Crippen LogP contribution in [0.1, 0.15) is 30.8 Å². The third kappa shape index (κ3) is 2.48. The summed E-state index contributed by atoms with van der Waals surface area (Å²) in [5.41, 5.74) is 1.19. The molecule has 106 valence electrons. The number of furan rings is 1. The third-order valence-corrected chi connectivity index (χ3v) is 3.74. The molecule has 5 heteroatoms. The molecular weight excluding hydrogens is 254 g/mol. The minimum atomic E-state index is -0.00236. The maximum absolute atomic E-state index is 12.5. The maximum Gasteiger partial charge on any atom is 0.274 e. The number of carbonyl (C=O) groups is 1. The molecule has 1 aliphatic rings. The third-order valence-electron chi connectivity index (χ3n) is 3.74. The van der Waals surface area contributed by atoms with Crippen LogP contribution in [0, 0.1) is 11.8 Å². The molecule has 0 aliphatic carbocycles. The van der Waals surface area contributed by atoms with Gasteiger partial charge < -0.3 is 9.32 Å². The number of likely N-dealkylation sites (tertiary alicyclic amines) is 1. The van der Waals surface area contributed by atoms with Crippen LogP contribution in [0.2, 0.25) is 0 Å². The summed E-state index contributed by atoms with van der Waals surface area (Å²) in [5, 5.41) is 6.98. The summed E-state index contributed by atoms with van der Waals surface area (Å²) in [6.07, 6.45) is 2.79. The molecule has 20 heavy (non-hydrogen) atoms. The van der Waals surface area contributed by atoms with Gasteiger partial charge >= 0.3 is 0 Å². The van der Waals surface area contributed by atoms with Crippen molar-refractivity contribution in [2.24, 2.45) is 11.8 Å². The first-order valence-electron chi connectivity index (χ1n) is 7.02. The summed E-state index contributed by atoms with van der Waals surface area (Å²) < 4.78 is 5.30. The van der Waals surface area contributed by atoms with Gasteiger partial charge in [0.05, 0.1) is 6.26 Å². The summed E-state index contributed by atoms with van der Waals surface area (Å²) >= 11 is 0. The van der Waals surface area contributed by atoms with Crippen molar-refractivity contribution in [2.45, 2.75) is 20.3 Å². The van der Waals surface area contributed by atoms with Crippen molar-refractivity contribution < 1.29 is 9.21 Å². The lowest BCUT2D eigenvalue weighted by Gasteiger charge is -2.34. The summed E-state index contributed by atoms with van der Waals surface area (Å²) in [4.78, 5) is 14.4. The van der Waals surface area contributed by atoms with Gasteiger partial charge in [0.1, 0.15) is 5.69 Å². The Hall–Kier alpha value is -2.04. The predicted octanol–water partition coefficient (Wildman–Crippen LogP) is 2.79. The largest absolute Gasteiger partial charge is 0.463 e. The quantitative estimate of drug-likeness (QED) is 0.915. The molecule has 1 aliphatic heterocycles. The second-order valence-corrected chi connectivity index (χ2v) is 5.80. The van der Waals surface area contributed by atoms with E-state index in [0.717, 1.165) is 18.8 Å². The van der Waals surface area contributed by atoms with E-state index in [1.807, 2.05) is 17.0 Å². The van der Waals surface area contributed by atoms with Gasteiger partial charge in [-0.25, -0.2) is 0 Å². The molecule has 5 nitrogen and oxygen atoms in total. The van der Waals surface area contributed by atoms with Gasteiger partial charge in [0.15, 0.2) is 11.5 Å². The Morgan fingerprint density at radius 3 is 2.80 bits per heavy atom. The number of hydrogen-bond donors (Lipinski definition) is 1. The molecule has 1 fully saturated rings. The molecule has 1 saturated heterocycles. The zero-order valence-corrected chi connectivity index (χ0v) is 11.8. The summed E-state index contributed by atoms with van der Waals surface area (Å²) in [6.45, 7) is 6.00. The average Bonchev–Trinajstić information content (AvgIpc) is 3.07. The average molecular weight is 273 g/mol. The zero-order chi connectivity index (χ0) is 14.1. The van der Waals surface area contributed by atoms with Gasteiger partial charge in [-0.3, -0.25) is 9.89 Å². The molecule has 3 rings (SSSR count). The Kier molecular flexibility index (Phi) is 3.34. The van der Waals surface area contributed by atoms with Gasteiger partial charge in [-0.05, 0) is 30.4 Å². The number of amides is 1. The van der Waals surface area contributed by atoms with Crippen molar-refractivity contribution in [1.29, 1.82) is 0 Å². The summed E-state index contributed by atoms with van der Waals surface area (Å²) in [7, 11) is 0. The van der Waals surface area contributed by atoms with E-state index in [4.69, 9.17) is 4.42 Å². The van der Waals surface area contributed by atoms with Crippen LogP contribution in [0.5, 0.6) is 0 Å². The number of nitrogens with zero attached hydrogens (tertiary/aromatic N) is 2. The van der Waals surface area contributed by atoms with Crippen LogP contribution in [0.3, 0.4) is 0 Å². The smallest absolute Gasteiger partial charge is 0.274 e. The van der Waals surface area contributed by atoms with Crippen LogP contribution in [-0.4, -0.2) is 34.1 Å². The number of piperidine rings is 1. The monoisotopic (exact) mass is 273 g/mol. The fraction of sp³-hybridized carbons (Fsp3) is 0.467. The number of carbonyl (C=O) groups excluding carboxylic acids is 1. The number of H-pyrrole nitrogens is 1. The fourth-order valence-electron chi connectivity index (χ4n) is 2.98. The van der Waals surface area contributed by atoms with Crippen molar-refractivity contribution in [3.63, 3.8) is 0 Å². The highest BCUT2D eigenvalue weighted by atomic mass is 16.3. The number of aromatic nitrogens is 2. The lowest BCUT2D eigenvalue weighted by atomic mass is 9.92.